The highest BCUT2D eigenvalue weighted by Crippen LogP contribution is 2.33. The molecule has 0 aliphatic heterocycles. The van der Waals surface area contributed by atoms with Crippen LogP contribution in [-0.2, 0) is 17.5 Å². The van der Waals surface area contributed by atoms with Crippen molar-refractivity contribution >= 4 is 34.5 Å². The van der Waals surface area contributed by atoms with Crippen LogP contribution < -0.4 is 0 Å². The van der Waals surface area contributed by atoms with Gasteiger partial charge in [0.15, 0.2) is 0 Å². The van der Waals surface area contributed by atoms with Crippen LogP contribution in [0.25, 0.3) is 17.0 Å². The molecule has 0 radical (unpaired) electrons. The van der Waals surface area contributed by atoms with E-state index in [1.807, 2.05) is 0 Å². The molecule has 0 amide bonds. The summed E-state index contributed by atoms with van der Waals surface area (Å²) in [7, 11) is 0. The molecule has 0 aliphatic rings. The van der Waals surface area contributed by atoms with E-state index in [0.29, 0.717) is 5.39 Å². The fourth-order valence-electron chi connectivity index (χ4n) is 2.58. The second kappa shape index (κ2) is 7.03. The first-order chi connectivity index (χ1) is 12.6. The van der Waals surface area contributed by atoms with E-state index < -0.39 is 23.5 Å². The molecular weight excluding hydrogens is 388 g/mol. The van der Waals surface area contributed by atoms with E-state index in [9.17, 15) is 22.4 Å². The fraction of sp³-hybridized carbons (Fsp3) is 0.111. The van der Waals surface area contributed by atoms with E-state index in [2.05, 4.69) is 5.10 Å². The second-order valence-corrected chi connectivity index (χ2v) is 6.12. The summed E-state index contributed by atoms with van der Waals surface area (Å²) in [5.74, 6) is -1.85. The van der Waals surface area contributed by atoms with E-state index in [1.54, 1.807) is 0 Å². The van der Waals surface area contributed by atoms with Gasteiger partial charge in [-0.15, -0.1) is 0 Å². The number of halogens is 5. The fourth-order valence-corrected chi connectivity index (χ4v) is 2.74. The zero-order valence-corrected chi connectivity index (χ0v) is 14.2. The monoisotopic (exact) mass is 398 g/mol. The maximum Gasteiger partial charge on any atom is 0.416 e. The van der Waals surface area contributed by atoms with Crippen LogP contribution in [0.1, 0.15) is 16.8 Å². The molecule has 1 heterocycles. The zero-order valence-electron chi connectivity index (χ0n) is 13.5. The number of hydrogen-bond acceptors (Lipinski definition) is 2. The molecule has 0 saturated carbocycles. The molecule has 3 rings (SSSR count). The Labute approximate surface area is 155 Å². The van der Waals surface area contributed by atoms with Gasteiger partial charge in [-0.05, 0) is 36.4 Å². The Hall–Kier alpha value is -2.87. The Kier molecular flexibility index (Phi) is 4.93. The van der Waals surface area contributed by atoms with Gasteiger partial charge in [0.05, 0.1) is 23.3 Å². The van der Waals surface area contributed by atoms with Gasteiger partial charge < -0.3 is 5.11 Å². The van der Waals surface area contributed by atoms with Crippen molar-refractivity contribution in [3.63, 3.8) is 0 Å². The van der Waals surface area contributed by atoms with Crippen LogP contribution >= 0.6 is 11.6 Å². The summed E-state index contributed by atoms with van der Waals surface area (Å²) in [6.07, 6.45) is -2.56. The Morgan fingerprint density at radius 1 is 1.22 bits per heavy atom. The molecule has 0 atom stereocenters. The highest BCUT2D eigenvalue weighted by Gasteiger charge is 2.31. The molecule has 1 aromatic heterocycles. The van der Waals surface area contributed by atoms with E-state index in [1.165, 1.54) is 29.0 Å². The summed E-state index contributed by atoms with van der Waals surface area (Å²) in [5.41, 5.74) is -0.448. The van der Waals surface area contributed by atoms with E-state index in [-0.39, 0.29) is 28.3 Å². The number of rotatable bonds is 4. The van der Waals surface area contributed by atoms with Crippen molar-refractivity contribution in [2.45, 2.75) is 12.7 Å². The molecule has 9 heteroatoms. The lowest BCUT2D eigenvalue weighted by Crippen LogP contribution is -2.07. The first-order valence-corrected chi connectivity index (χ1v) is 7.95. The topological polar surface area (TPSA) is 55.1 Å². The predicted molar refractivity (Wildman–Crippen MR) is 91.9 cm³/mol. The number of aliphatic carboxylic acids is 1. The third-order valence-electron chi connectivity index (χ3n) is 3.83. The Balaban J connectivity index is 2.15. The maximum absolute atomic E-state index is 14.1. The second-order valence-electron chi connectivity index (χ2n) is 5.68. The Bertz CT molecular complexity index is 1060. The quantitative estimate of drug-likeness (QED) is 0.497. The standard InChI is InChI=1S/C18H11ClF4N2O2/c19-12-3-1-10(14(20)8-12)9-25-16-7-11(18(21,22)23)2-4-13(16)15(24-25)5-6-17(26)27/h1-8H,9H2,(H,26,27). The van der Waals surface area contributed by atoms with Crippen LogP contribution in [0.15, 0.2) is 42.5 Å². The number of nitrogens with zero attached hydrogens (tertiary/aromatic N) is 2. The lowest BCUT2D eigenvalue weighted by molar-refractivity contribution is -0.137. The van der Waals surface area contributed by atoms with Crippen molar-refractivity contribution in [1.29, 1.82) is 0 Å². The highest BCUT2D eigenvalue weighted by molar-refractivity contribution is 6.30. The van der Waals surface area contributed by atoms with Crippen LogP contribution in [-0.4, -0.2) is 20.9 Å². The van der Waals surface area contributed by atoms with Gasteiger partial charge in [-0.3, -0.25) is 4.68 Å². The summed E-state index contributed by atoms with van der Waals surface area (Å²) < 4.78 is 54.4. The Morgan fingerprint density at radius 3 is 2.59 bits per heavy atom. The first-order valence-electron chi connectivity index (χ1n) is 7.58. The van der Waals surface area contributed by atoms with Crippen molar-refractivity contribution in [3.05, 3.63) is 70.1 Å². The normalized spacial score (nSPS) is 12.2. The molecule has 1 N–H and O–H groups in total. The number of hydrogen-bond donors (Lipinski definition) is 1. The molecule has 0 fully saturated rings. The van der Waals surface area contributed by atoms with Crippen molar-refractivity contribution in [2.75, 3.05) is 0 Å². The van der Waals surface area contributed by atoms with Crippen molar-refractivity contribution < 1.29 is 27.5 Å². The molecular formula is C18H11ClF4N2O2. The van der Waals surface area contributed by atoms with Gasteiger partial charge in [0.1, 0.15) is 5.82 Å². The summed E-state index contributed by atoms with van der Waals surface area (Å²) >= 11 is 5.71. The number of alkyl halides is 3. The molecule has 2 aromatic carbocycles. The molecule has 0 aliphatic carbocycles. The molecule has 0 saturated heterocycles. The van der Waals surface area contributed by atoms with Gasteiger partial charge in [0, 0.05) is 22.0 Å². The van der Waals surface area contributed by atoms with E-state index in [4.69, 9.17) is 16.7 Å². The lowest BCUT2D eigenvalue weighted by Gasteiger charge is -2.09. The third-order valence-corrected chi connectivity index (χ3v) is 4.06. The van der Waals surface area contributed by atoms with Gasteiger partial charge in [0.25, 0.3) is 0 Å². The average molecular weight is 399 g/mol. The minimum atomic E-state index is -4.56. The van der Waals surface area contributed by atoms with Gasteiger partial charge in [-0.25, -0.2) is 9.18 Å². The summed E-state index contributed by atoms with van der Waals surface area (Å²) in [5, 5.41) is 13.4. The minimum Gasteiger partial charge on any atom is -0.478 e. The number of carboxylic acid groups (broad SMARTS) is 1. The van der Waals surface area contributed by atoms with Crippen LogP contribution in [0.5, 0.6) is 0 Å². The number of fused-ring (bicyclic) bond motifs is 1. The summed E-state index contributed by atoms with van der Waals surface area (Å²) in [6.45, 7) is -0.151. The number of carbonyl (C=O) groups is 1. The smallest absolute Gasteiger partial charge is 0.416 e. The summed E-state index contributed by atoms with van der Waals surface area (Å²) in [4.78, 5) is 10.7. The van der Waals surface area contributed by atoms with Gasteiger partial charge >= 0.3 is 12.1 Å². The maximum atomic E-state index is 14.1. The van der Waals surface area contributed by atoms with Crippen LogP contribution in [0.3, 0.4) is 0 Å². The third kappa shape index (κ3) is 4.11. The Morgan fingerprint density at radius 2 is 1.96 bits per heavy atom. The van der Waals surface area contributed by atoms with E-state index >= 15 is 0 Å². The van der Waals surface area contributed by atoms with Gasteiger partial charge in [-0.2, -0.15) is 18.3 Å². The molecule has 3 aromatic rings. The zero-order chi connectivity index (χ0) is 19.8. The van der Waals surface area contributed by atoms with Gasteiger partial charge in [0.2, 0.25) is 0 Å². The van der Waals surface area contributed by atoms with Gasteiger partial charge in [-0.1, -0.05) is 17.7 Å². The van der Waals surface area contributed by atoms with Crippen LogP contribution in [0.2, 0.25) is 5.02 Å². The summed E-state index contributed by atoms with van der Waals surface area (Å²) in [6, 6.07) is 6.95. The highest BCUT2D eigenvalue weighted by atomic mass is 35.5. The van der Waals surface area contributed by atoms with Crippen molar-refractivity contribution in [3.8, 4) is 0 Å². The minimum absolute atomic E-state index is 0.101. The number of carboxylic acids is 1. The van der Waals surface area contributed by atoms with Crippen molar-refractivity contribution in [2.24, 2.45) is 0 Å². The molecule has 0 bridgehead atoms. The van der Waals surface area contributed by atoms with Crippen LogP contribution in [0.4, 0.5) is 17.6 Å². The number of benzene rings is 2. The molecule has 0 unspecified atom stereocenters. The predicted octanol–water partition coefficient (Wildman–Crippen LogP) is 4.99. The molecule has 0 spiro atoms. The molecule has 27 heavy (non-hydrogen) atoms. The molecule has 4 nitrogen and oxygen atoms in total. The first kappa shape index (κ1) is 18.9. The largest absolute Gasteiger partial charge is 0.478 e. The van der Waals surface area contributed by atoms with Crippen LogP contribution in [0, 0.1) is 5.82 Å². The average Bonchev–Trinajstić information content (AvgIpc) is 2.92. The van der Waals surface area contributed by atoms with Crippen molar-refractivity contribution in [1.82, 2.24) is 9.78 Å². The van der Waals surface area contributed by atoms with E-state index in [0.717, 1.165) is 24.3 Å². The number of aromatic nitrogens is 2. The lowest BCUT2D eigenvalue weighted by atomic mass is 10.1. The SMILES string of the molecule is O=C(O)C=Cc1nn(Cc2ccc(Cl)cc2F)c2cc(C(F)(F)F)ccc12. The molecule has 140 valence electrons.